The van der Waals surface area contributed by atoms with Crippen molar-refractivity contribution in [3.05, 3.63) is 89.8 Å². The summed E-state index contributed by atoms with van der Waals surface area (Å²) in [5.41, 5.74) is 4.83. The van der Waals surface area contributed by atoms with Crippen LogP contribution in [-0.2, 0) is 4.79 Å². The molecule has 0 aliphatic heterocycles. The Bertz CT molecular complexity index is 1680. The van der Waals surface area contributed by atoms with Crippen LogP contribution in [-0.4, -0.2) is 38.3 Å². The van der Waals surface area contributed by atoms with Gasteiger partial charge in [0.15, 0.2) is 0 Å². The number of hydrogen-bond acceptors (Lipinski definition) is 5. The Labute approximate surface area is 207 Å². The SMILES string of the molecule is CN[C@@H](C)C(=O)Nc1ccc(-c2c(C)nc3cc(F)ccn23)c(C#Cc2ccc3ncccc3c2)n1. The zero-order valence-corrected chi connectivity index (χ0v) is 20.0. The topological polar surface area (TPSA) is 84.2 Å². The zero-order valence-electron chi connectivity index (χ0n) is 20.0. The lowest BCUT2D eigenvalue weighted by molar-refractivity contribution is -0.117. The average Bonchev–Trinajstić information content (AvgIpc) is 3.21. The highest BCUT2D eigenvalue weighted by Crippen LogP contribution is 2.28. The van der Waals surface area contributed by atoms with Crippen LogP contribution in [0.15, 0.2) is 67.0 Å². The Morgan fingerprint density at radius 1 is 1.08 bits per heavy atom. The van der Waals surface area contributed by atoms with Crippen LogP contribution in [0.5, 0.6) is 0 Å². The third kappa shape index (κ3) is 4.52. The van der Waals surface area contributed by atoms with Gasteiger partial charge in [0.2, 0.25) is 5.91 Å². The Kier molecular flexibility index (Phi) is 6.15. The molecule has 0 aliphatic carbocycles. The first-order chi connectivity index (χ1) is 17.4. The zero-order chi connectivity index (χ0) is 25.2. The monoisotopic (exact) mass is 478 g/mol. The van der Waals surface area contributed by atoms with Gasteiger partial charge in [-0.15, -0.1) is 0 Å². The minimum Gasteiger partial charge on any atom is -0.309 e. The molecule has 0 unspecified atom stereocenters. The lowest BCUT2D eigenvalue weighted by Crippen LogP contribution is -2.35. The molecule has 0 fully saturated rings. The number of fused-ring (bicyclic) bond motifs is 2. The third-order valence-corrected chi connectivity index (χ3v) is 5.92. The van der Waals surface area contributed by atoms with E-state index < -0.39 is 0 Å². The number of carbonyl (C=O) groups is 1. The summed E-state index contributed by atoms with van der Waals surface area (Å²) < 4.78 is 15.6. The molecule has 1 amide bonds. The number of amides is 1. The lowest BCUT2D eigenvalue weighted by atomic mass is 10.1. The van der Waals surface area contributed by atoms with E-state index >= 15 is 0 Å². The first kappa shape index (κ1) is 23.1. The number of halogens is 1. The molecule has 0 saturated heterocycles. The van der Waals surface area contributed by atoms with Gasteiger partial charge in [0.05, 0.1) is 22.9 Å². The van der Waals surface area contributed by atoms with E-state index in [4.69, 9.17) is 0 Å². The normalized spacial score (nSPS) is 11.8. The second-order valence-corrected chi connectivity index (χ2v) is 8.37. The molecule has 5 rings (SSSR count). The van der Waals surface area contributed by atoms with Crippen molar-refractivity contribution in [1.82, 2.24) is 24.7 Å². The fourth-order valence-corrected chi connectivity index (χ4v) is 3.93. The highest BCUT2D eigenvalue weighted by molar-refractivity contribution is 5.94. The summed E-state index contributed by atoms with van der Waals surface area (Å²) in [6, 6.07) is 15.6. The minimum atomic E-state index is -0.386. The summed E-state index contributed by atoms with van der Waals surface area (Å²) in [4.78, 5) is 26.0. The smallest absolute Gasteiger partial charge is 0.242 e. The predicted octanol–water partition coefficient (Wildman–Crippen LogP) is 4.34. The number of aromatic nitrogens is 4. The van der Waals surface area contributed by atoms with Gasteiger partial charge in [0, 0.05) is 35.0 Å². The molecule has 1 atom stereocenters. The van der Waals surface area contributed by atoms with Gasteiger partial charge < -0.3 is 10.6 Å². The molecular weight excluding hydrogens is 455 g/mol. The maximum Gasteiger partial charge on any atom is 0.242 e. The van der Waals surface area contributed by atoms with Crippen LogP contribution in [0.1, 0.15) is 23.9 Å². The van der Waals surface area contributed by atoms with Gasteiger partial charge in [-0.3, -0.25) is 14.2 Å². The van der Waals surface area contributed by atoms with Crippen molar-refractivity contribution in [3.8, 4) is 23.1 Å². The molecular formula is C28H23FN6O. The summed E-state index contributed by atoms with van der Waals surface area (Å²) >= 11 is 0. The molecule has 0 spiro atoms. The molecule has 5 aromatic rings. The van der Waals surface area contributed by atoms with E-state index in [1.165, 1.54) is 12.1 Å². The van der Waals surface area contributed by atoms with Crippen LogP contribution in [0.25, 0.3) is 27.8 Å². The van der Waals surface area contributed by atoms with Gasteiger partial charge in [0.25, 0.3) is 0 Å². The number of aryl methyl sites for hydroxylation is 1. The fraction of sp³-hybridized carbons (Fsp3) is 0.143. The molecule has 4 aromatic heterocycles. The summed E-state index contributed by atoms with van der Waals surface area (Å²) in [6.07, 6.45) is 3.39. The summed E-state index contributed by atoms with van der Waals surface area (Å²) in [5.74, 6) is 6.19. The van der Waals surface area contributed by atoms with Gasteiger partial charge in [-0.1, -0.05) is 12.0 Å². The molecule has 0 radical (unpaired) electrons. The Morgan fingerprint density at radius 2 is 1.94 bits per heavy atom. The molecule has 1 aromatic carbocycles. The quantitative estimate of drug-likeness (QED) is 0.376. The highest BCUT2D eigenvalue weighted by Gasteiger charge is 2.17. The van der Waals surface area contributed by atoms with Crippen molar-refractivity contribution in [2.45, 2.75) is 19.9 Å². The average molecular weight is 479 g/mol. The number of pyridine rings is 3. The van der Waals surface area contributed by atoms with E-state index in [1.54, 1.807) is 32.4 Å². The largest absolute Gasteiger partial charge is 0.309 e. The number of carbonyl (C=O) groups excluding carboxylic acids is 1. The second kappa shape index (κ2) is 9.56. The van der Waals surface area contributed by atoms with Gasteiger partial charge >= 0.3 is 0 Å². The van der Waals surface area contributed by atoms with Crippen LogP contribution in [0.4, 0.5) is 10.2 Å². The van der Waals surface area contributed by atoms with Gasteiger partial charge in [-0.25, -0.2) is 14.4 Å². The highest BCUT2D eigenvalue weighted by atomic mass is 19.1. The molecule has 8 heteroatoms. The lowest BCUT2D eigenvalue weighted by Gasteiger charge is -2.12. The maximum atomic E-state index is 13.8. The molecule has 4 heterocycles. The van der Waals surface area contributed by atoms with Crippen LogP contribution in [0, 0.1) is 24.6 Å². The van der Waals surface area contributed by atoms with Crippen molar-refractivity contribution in [2.75, 3.05) is 12.4 Å². The van der Waals surface area contributed by atoms with Crippen LogP contribution in [0.2, 0.25) is 0 Å². The number of nitrogens with zero attached hydrogens (tertiary/aromatic N) is 4. The minimum absolute atomic E-state index is 0.208. The summed E-state index contributed by atoms with van der Waals surface area (Å²) in [6.45, 7) is 3.62. The number of likely N-dealkylation sites (N-methyl/N-ethyl adjacent to an activating group) is 1. The van der Waals surface area contributed by atoms with Crippen LogP contribution in [0.3, 0.4) is 0 Å². The number of benzene rings is 1. The van der Waals surface area contributed by atoms with Crippen molar-refractivity contribution in [3.63, 3.8) is 0 Å². The number of rotatable bonds is 4. The molecule has 0 aliphatic rings. The Balaban J connectivity index is 1.63. The van der Waals surface area contributed by atoms with E-state index in [-0.39, 0.29) is 17.8 Å². The van der Waals surface area contributed by atoms with Crippen LogP contribution < -0.4 is 10.6 Å². The van der Waals surface area contributed by atoms with Gasteiger partial charge in [0.1, 0.15) is 23.0 Å². The number of anilines is 1. The van der Waals surface area contributed by atoms with Crippen molar-refractivity contribution in [2.24, 2.45) is 0 Å². The molecule has 0 saturated carbocycles. The van der Waals surface area contributed by atoms with Gasteiger partial charge in [-0.2, -0.15) is 0 Å². The van der Waals surface area contributed by atoms with Crippen LogP contribution >= 0.6 is 0 Å². The third-order valence-electron chi connectivity index (χ3n) is 5.92. The number of hydrogen-bond donors (Lipinski definition) is 2. The van der Waals surface area contributed by atoms with Crippen molar-refractivity contribution in [1.29, 1.82) is 0 Å². The van der Waals surface area contributed by atoms with E-state index in [1.807, 2.05) is 47.7 Å². The fourth-order valence-electron chi connectivity index (χ4n) is 3.93. The van der Waals surface area contributed by atoms with Crippen molar-refractivity contribution >= 4 is 28.3 Å². The van der Waals surface area contributed by atoms with E-state index in [2.05, 4.69) is 37.4 Å². The predicted molar refractivity (Wildman–Crippen MR) is 138 cm³/mol. The van der Waals surface area contributed by atoms with E-state index in [0.29, 0.717) is 22.9 Å². The molecule has 0 bridgehead atoms. The Morgan fingerprint density at radius 3 is 2.78 bits per heavy atom. The summed E-state index contributed by atoms with van der Waals surface area (Å²) in [5, 5.41) is 6.72. The number of imidazole rings is 1. The van der Waals surface area contributed by atoms with E-state index in [9.17, 15) is 9.18 Å². The molecule has 36 heavy (non-hydrogen) atoms. The maximum absolute atomic E-state index is 13.8. The standard InChI is InChI=1S/C28H23FN6O/c1-17-27(35-14-12-21(29)16-26(35)32-17)22-8-11-25(34-28(36)18(2)30-3)33-24(22)10-7-19-6-9-23-20(15-19)5-4-13-31-23/h4-6,8-9,11-16,18,30H,1-3H3,(H,33,34,36)/t18-/m0/s1. The molecule has 2 N–H and O–H groups in total. The first-order valence-corrected chi connectivity index (χ1v) is 11.4. The number of nitrogens with one attached hydrogen (secondary N) is 2. The first-order valence-electron chi connectivity index (χ1n) is 11.4. The van der Waals surface area contributed by atoms with Gasteiger partial charge in [-0.05, 0) is 69.3 Å². The summed E-state index contributed by atoms with van der Waals surface area (Å²) in [7, 11) is 1.72. The molecule has 7 nitrogen and oxygen atoms in total. The molecule has 178 valence electrons. The van der Waals surface area contributed by atoms with E-state index in [0.717, 1.165) is 27.7 Å². The second-order valence-electron chi connectivity index (χ2n) is 8.37. The van der Waals surface area contributed by atoms with Crippen molar-refractivity contribution < 1.29 is 9.18 Å². The Hall–Kier alpha value is -4.61.